The van der Waals surface area contributed by atoms with Crippen LogP contribution in [-0.4, -0.2) is 46.0 Å². The molecule has 2 aliphatic heterocycles. The molecule has 0 saturated carbocycles. The number of carbonyl (C=O) groups excluding carboxylic acids is 3. The summed E-state index contributed by atoms with van der Waals surface area (Å²) in [5.74, 6) is 0.809. The maximum Gasteiger partial charge on any atom is 0.322 e. The minimum absolute atomic E-state index is 0.0630. The van der Waals surface area contributed by atoms with Gasteiger partial charge < -0.3 is 14.6 Å². The van der Waals surface area contributed by atoms with Crippen LogP contribution in [0.2, 0.25) is 0 Å². The zero-order valence-corrected chi connectivity index (χ0v) is 20.6. The lowest BCUT2D eigenvalue weighted by Gasteiger charge is -2.31. The molecule has 2 saturated heterocycles. The van der Waals surface area contributed by atoms with Gasteiger partial charge in [-0.1, -0.05) is 36.8 Å². The van der Waals surface area contributed by atoms with E-state index in [1.807, 2.05) is 30.9 Å². The minimum atomic E-state index is -1.10. The molecule has 0 spiro atoms. The van der Waals surface area contributed by atoms with Crippen molar-refractivity contribution in [2.45, 2.75) is 51.5 Å². The van der Waals surface area contributed by atoms with Gasteiger partial charge in [-0.05, 0) is 62.4 Å². The Bertz CT molecular complexity index is 1320. The maximum absolute atomic E-state index is 13.1. The third-order valence-electron chi connectivity index (χ3n) is 7.28. The molecule has 1 aromatic heterocycles. The first-order chi connectivity index (χ1) is 17.3. The van der Waals surface area contributed by atoms with Crippen LogP contribution in [0.5, 0.6) is 0 Å². The highest BCUT2D eigenvalue weighted by molar-refractivity contribution is 6.07. The number of amides is 4. The Morgan fingerprint density at radius 2 is 1.81 bits per heavy atom. The van der Waals surface area contributed by atoms with Crippen molar-refractivity contribution < 1.29 is 18.8 Å². The number of aromatic nitrogens is 2. The van der Waals surface area contributed by atoms with Gasteiger partial charge in [-0.3, -0.25) is 14.9 Å². The Morgan fingerprint density at radius 3 is 2.42 bits per heavy atom. The molecule has 3 aromatic rings. The molecule has 4 amide bonds. The van der Waals surface area contributed by atoms with Gasteiger partial charge in [-0.15, -0.1) is 10.2 Å². The highest BCUT2D eigenvalue weighted by atomic mass is 16.4. The predicted molar refractivity (Wildman–Crippen MR) is 132 cm³/mol. The number of hydrogen-bond donors (Lipinski definition) is 2. The molecule has 1 unspecified atom stereocenters. The minimum Gasteiger partial charge on any atom is -0.420 e. The van der Waals surface area contributed by atoms with Gasteiger partial charge in [0.2, 0.25) is 11.8 Å². The van der Waals surface area contributed by atoms with Crippen molar-refractivity contribution in [1.29, 1.82) is 0 Å². The third kappa shape index (κ3) is 4.14. The topological polar surface area (TPSA) is 117 Å². The Morgan fingerprint density at radius 1 is 1.08 bits per heavy atom. The van der Waals surface area contributed by atoms with Gasteiger partial charge in [0.1, 0.15) is 5.54 Å². The summed E-state index contributed by atoms with van der Waals surface area (Å²) in [6, 6.07) is 12.5. The molecule has 36 heavy (non-hydrogen) atoms. The smallest absolute Gasteiger partial charge is 0.322 e. The fraction of sp³-hybridized carbons (Fsp3) is 0.370. The number of likely N-dealkylation sites (tertiary alicyclic amines) is 1. The number of benzene rings is 2. The molecule has 2 N–H and O–H groups in total. The summed E-state index contributed by atoms with van der Waals surface area (Å²) in [7, 11) is 0. The molecule has 0 bridgehead atoms. The van der Waals surface area contributed by atoms with Gasteiger partial charge in [0.15, 0.2) is 0 Å². The van der Waals surface area contributed by atoms with Crippen molar-refractivity contribution in [3.63, 3.8) is 0 Å². The highest BCUT2D eigenvalue weighted by Crippen LogP contribution is 2.32. The molecule has 2 fully saturated rings. The standard InChI is InChI=1S/C27H29N5O4/c1-4-27(25(34)28-26(35)29-27)20-8-6-19(7-9-20)24(33)32-13-11-18(12-14-32)22-30-31-23(36-22)21-10-5-16(2)15-17(21)3/h5-10,15,18H,4,11-14H2,1-3H3,(H2,28,29,34,35). The van der Waals surface area contributed by atoms with Crippen molar-refractivity contribution in [1.82, 2.24) is 25.7 Å². The van der Waals surface area contributed by atoms with Crippen LogP contribution < -0.4 is 10.6 Å². The molecule has 9 heteroatoms. The predicted octanol–water partition coefficient (Wildman–Crippen LogP) is 3.82. The Kier molecular flexibility index (Phi) is 6.07. The Balaban J connectivity index is 1.23. The summed E-state index contributed by atoms with van der Waals surface area (Å²) in [5, 5.41) is 13.6. The van der Waals surface area contributed by atoms with Crippen molar-refractivity contribution >= 4 is 17.8 Å². The number of rotatable bonds is 5. The largest absolute Gasteiger partial charge is 0.420 e. The van der Waals surface area contributed by atoms with E-state index in [2.05, 4.69) is 33.8 Å². The van der Waals surface area contributed by atoms with E-state index in [-0.39, 0.29) is 17.7 Å². The van der Waals surface area contributed by atoms with Crippen molar-refractivity contribution in [3.05, 3.63) is 70.6 Å². The van der Waals surface area contributed by atoms with Gasteiger partial charge in [-0.2, -0.15) is 0 Å². The fourth-order valence-electron chi connectivity index (χ4n) is 5.12. The summed E-state index contributed by atoms with van der Waals surface area (Å²) < 4.78 is 6.02. The molecule has 9 nitrogen and oxygen atoms in total. The third-order valence-corrected chi connectivity index (χ3v) is 7.28. The number of carbonyl (C=O) groups is 3. The van der Waals surface area contributed by atoms with Crippen LogP contribution in [0.3, 0.4) is 0 Å². The summed E-state index contributed by atoms with van der Waals surface area (Å²) in [6.07, 6.45) is 1.89. The summed E-state index contributed by atoms with van der Waals surface area (Å²) in [5.41, 5.74) is 3.32. The second-order valence-corrected chi connectivity index (χ2v) is 9.57. The van der Waals surface area contributed by atoms with E-state index in [9.17, 15) is 14.4 Å². The molecule has 1 atom stereocenters. The molecule has 0 radical (unpaired) electrons. The summed E-state index contributed by atoms with van der Waals surface area (Å²) >= 11 is 0. The van der Waals surface area contributed by atoms with E-state index in [0.29, 0.717) is 42.4 Å². The van der Waals surface area contributed by atoms with Gasteiger partial charge in [-0.25, -0.2) is 4.79 Å². The molecule has 0 aliphatic carbocycles. The number of piperidine rings is 1. The lowest BCUT2D eigenvalue weighted by Crippen LogP contribution is -2.43. The quantitative estimate of drug-likeness (QED) is 0.529. The van der Waals surface area contributed by atoms with E-state index in [1.165, 1.54) is 5.56 Å². The van der Waals surface area contributed by atoms with Gasteiger partial charge in [0.25, 0.3) is 11.8 Å². The van der Waals surface area contributed by atoms with Crippen molar-refractivity contribution in [2.24, 2.45) is 0 Å². The second kappa shape index (κ2) is 9.22. The monoisotopic (exact) mass is 487 g/mol. The fourth-order valence-corrected chi connectivity index (χ4v) is 5.12. The van der Waals surface area contributed by atoms with Crippen LogP contribution in [0.1, 0.15) is 65.0 Å². The number of hydrogen-bond acceptors (Lipinski definition) is 6. The second-order valence-electron chi connectivity index (χ2n) is 9.57. The molecule has 2 aromatic carbocycles. The Hall–Kier alpha value is -4.01. The SMILES string of the molecule is CCC1(c2ccc(C(=O)N3CCC(c4nnc(-c5ccc(C)cc5C)o4)CC3)cc2)NC(=O)NC1=O. The van der Waals surface area contributed by atoms with E-state index >= 15 is 0 Å². The van der Waals surface area contributed by atoms with Crippen molar-refractivity contribution in [3.8, 4) is 11.5 Å². The maximum atomic E-state index is 13.1. The number of aryl methyl sites for hydroxylation is 2. The number of nitrogens with zero attached hydrogens (tertiary/aromatic N) is 3. The van der Waals surface area contributed by atoms with Crippen LogP contribution >= 0.6 is 0 Å². The average molecular weight is 488 g/mol. The molecular weight excluding hydrogens is 458 g/mol. The molecule has 5 rings (SSSR count). The van der Waals surface area contributed by atoms with E-state index < -0.39 is 11.6 Å². The summed E-state index contributed by atoms with van der Waals surface area (Å²) in [6.45, 7) is 7.09. The van der Waals surface area contributed by atoms with Gasteiger partial charge in [0.05, 0.1) is 0 Å². The highest BCUT2D eigenvalue weighted by Gasteiger charge is 2.46. The van der Waals surface area contributed by atoms with Gasteiger partial charge in [0, 0.05) is 30.1 Å². The number of imide groups is 1. The van der Waals surface area contributed by atoms with E-state index in [0.717, 1.165) is 24.0 Å². The molecule has 3 heterocycles. The van der Waals surface area contributed by atoms with Crippen LogP contribution in [0.4, 0.5) is 4.79 Å². The normalized spacial score (nSPS) is 20.4. The van der Waals surface area contributed by atoms with Crippen LogP contribution in [0.15, 0.2) is 46.9 Å². The van der Waals surface area contributed by atoms with Crippen LogP contribution in [0.25, 0.3) is 11.5 Å². The zero-order valence-electron chi connectivity index (χ0n) is 20.6. The van der Waals surface area contributed by atoms with Crippen LogP contribution in [-0.2, 0) is 10.3 Å². The van der Waals surface area contributed by atoms with E-state index in [1.54, 1.807) is 24.3 Å². The first kappa shape index (κ1) is 23.7. The van der Waals surface area contributed by atoms with Gasteiger partial charge >= 0.3 is 6.03 Å². The average Bonchev–Trinajstić information content (AvgIpc) is 3.48. The lowest BCUT2D eigenvalue weighted by molar-refractivity contribution is -0.124. The van der Waals surface area contributed by atoms with E-state index in [4.69, 9.17) is 4.42 Å². The lowest BCUT2D eigenvalue weighted by atomic mass is 9.87. The molecule has 2 aliphatic rings. The van der Waals surface area contributed by atoms with Crippen LogP contribution in [0, 0.1) is 13.8 Å². The zero-order chi connectivity index (χ0) is 25.4. The molecule has 186 valence electrons. The molecular formula is C27H29N5O4. The Labute approximate surface area is 209 Å². The number of urea groups is 1. The first-order valence-electron chi connectivity index (χ1n) is 12.2. The summed E-state index contributed by atoms with van der Waals surface area (Å²) in [4.78, 5) is 39.0. The number of nitrogens with one attached hydrogen (secondary N) is 2. The van der Waals surface area contributed by atoms with Crippen molar-refractivity contribution in [2.75, 3.05) is 13.1 Å². The first-order valence-corrected chi connectivity index (χ1v) is 12.2.